The van der Waals surface area contributed by atoms with Crippen molar-refractivity contribution in [2.24, 2.45) is 5.41 Å². The number of methoxy groups -OCH3 is 1. The summed E-state index contributed by atoms with van der Waals surface area (Å²) in [6.07, 6.45) is 3.01. The van der Waals surface area contributed by atoms with Crippen LogP contribution in [0, 0.1) is 5.41 Å². The third kappa shape index (κ3) is 4.54. The molecule has 0 aliphatic carbocycles. The van der Waals surface area contributed by atoms with E-state index in [2.05, 4.69) is 6.58 Å². The van der Waals surface area contributed by atoms with Gasteiger partial charge in [-0.1, -0.05) is 6.08 Å². The predicted molar refractivity (Wildman–Crippen MR) is 78.0 cm³/mol. The van der Waals surface area contributed by atoms with Crippen LogP contribution in [-0.4, -0.2) is 61.4 Å². The molecule has 0 spiro atoms. The number of carbonyl (C=O) groups is 2. The van der Waals surface area contributed by atoms with Gasteiger partial charge in [0.25, 0.3) is 5.91 Å². The summed E-state index contributed by atoms with van der Waals surface area (Å²) < 4.78 is 10.5. The summed E-state index contributed by atoms with van der Waals surface area (Å²) in [6.45, 7) is 6.57. The number of ether oxygens (including phenoxy) is 2. The van der Waals surface area contributed by atoms with Crippen molar-refractivity contribution in [1.29, 1.82) is 0 Å². The number of nitrogens with zero attached hydrogens (tertiary/aromatic N) is 1. The number of likely N-dealkylation sites (tertiary alicyclic amines) is 1. The summed E-state index contributed by atoms with van der Waals surface area (Å²) in [4.78, 5) is 25.5. The molecule has 2 unspecified atom stereocenters. The summed E-state index contributed by atoms with van der Waals surface area (Å²) in [5.41, 5.74) is -1.01. The van der Waals surface area contributed by atoms with E-state index in [0.717, 1.165) is 0 Å². The first kappa shape index (κ1) is 17.7. The standard InChI is InChI=1S/C15H25NO5/c1-4-5-9-21-12(2)13(17)16-8-6-7-15(10-16,11-20-3)14(18)19/h4,12H,1,5-11H2,2-3H3,(H,18,19). The highest BCUT2D eigenvalue weighted by atomic mass is 16.5. The second kappa shape index (κ2) is 8.14. The van der Waals surface area contributed by atoms with Crippen LogP contribution in [0.15, 0.2) is 12.7 Å². The number of amides is 1. The summed E-state index contributed by atoms with van der Waals surface area (Å²) in [5, 5.41) is 9.47. The van der Waals surface area contributed by atoms with Gasteiger partial charge in [-0.15, -0.1) is 6.58 Å². The SMILES string of the molecule is C=CCCOC(C)C(=O)N1CCCC(COC)(C(=O)O)C1. The second-order valence-corrected chi connectivity index (χ2v) is 5.47. The monoisotopic (exact) mass is 299 g/mol. The Morgan fingerprint density at radius 3 is 2.81 bits per heavy atom. The molecule has 6 nitrogen and oxygen atoms in total. The van der Waals surface area contributed by atoms with E-state index in [4.69, 9.17) is 9.47 Å². The van der Waals surface area contributed by atoms with Gasteiger partial charge >= 0.3 is 5.97 Å². The molecule has 1 amide bonds. The molecule has 0 radical (unpaired) electrons. The lowest BCUT2D eigenvalue weighted by Gasteiger charge is -2.40. The molecule has 2 atom stereocenters. The third-order valence-corrected chi connectivity index (χ3v) is 3.80. The van der Waals surface area contributed by atoms with Gasteiger partial charge in [0.1, 0.15) is 11.5 Å². The number of piperidine rings is 1. The van der Waals surface area contributed by atoms with E-state index >= 15 is 0 Å². The Bertz CT molecular complexity index is 380. The Morgan fingerprint density at radius 2 is 2.24 bits per heavy atom. The minimum Gasteiger partial charge on any atom is -0.481 e. The van der Waals surface area contributed by atoms with E-state index in [-0.39, 0.29) is 19.1 Å². The van der Waals surface area contributed by atoms with Crippen molar-refractivity contribution in [3.63, 3.8) is 0 Å². The quantitative estimate of drug-likeness (QED) is 0.540. The molecule has 6 heteroatoms. The van der Waals surface area contributed by atoms with Gasteiger partial charge in [0.2, 0.25) is 0 Å². The highest BCUT2D eigenvalue weighted by Gasteiger charge is 2.44. The zero-order valence-corrected chi connectivity index (χ0v) is 12.8. The van der Waals surface area contributed by atoms with E-state index in [1.165, 1.54) is 7.11 Å². The maximum atomic E-state index is 12.3. The highest BCUT2D eigenvalue weighted by molar-refractivity contribution is 5.82. The summed E-state index contributed by atoms with van der Waals surface area (Å²) in [6, 6.07) is 0. The van der Waals surface area contributed by atoms with Gasteiger partial charge in [-0.05, 0) is 26.2 Å². The Hall–Kier alpha value is -1.40. The number of rotatable bonds is 8. The maximum Gasteiger partial charge on any atom is 0.313 e. The molecule has 0 aromatic carbocycles. The van der Waals surface area contributed by atoms with E-state index in [0.29, 0.717) is 32.4 Å². The lowest BCUT2D eigenvalue weighted by Crippen LogP contribution is -2.54. The van der Waals surface area contributed by atoms with Crippen LogP contribution in [0.1, 0.15) is 26.2 Å². The van der Waals surface area contributed by atoms with Crippen LogP contribution < -0.4 is 0 Å². The Kier molecular flexibility index (Phi) is 6.84. The van der Waals surface area contributed by atoms with Gasteiger partial charge in [-0.25, -0.2) is 0 Å². The van der Waals surface area contributed by atoms with Crippen molar-refractivity contribution < 1.29 is 24.2 Å². The summed E-state index contributed by atoms with van der Waals surface area (Å²) >= 11 is 0. The fourth-order valence-electron chi connectivity index (χ4n) is 2.61. The normalized spacial score (nSPS) is 23.6. The predicted octanol–water partition coefficient (Wildman–Crippen LogP) is 1.31. The third-order valence-electron chi connectivity index (χ3n) is 3.80. The lowest BCUT2D eigenvalue weighted by molar-refractivity contribution is -0.161. The molecule has 1 aliphatic heterocycles. The Labute approximate surface area is 125 Å². The second-order valence-electron chi connectivity index (χ2n) is 5.47. The van der Waals surface area contributed by atoms with Crippen molar-refractivity contribution in [2.75, 3.05) is 33.4 Å². The molecule has 1 fully saturated rings. The first-order chi connectivity index (χ1) is 9.96. The molecule has 0 bridgehead atoms. The minimum absolute atomic E-state index is 0.109. The van der Waals surface area contributed by atoms with Crippen LogP contribution in [0.2, 0.25) is 0 Å². The minimum atomic E-state index is -1.01. The van der Waals surface area contributed by atoms with Crippen LogP contribution >= 0.6 is 0 Å². The number of aliphatic carboxylic acids is 1. The average molecular weight is 299 g/mol. The molecular weight excluding hydrogens is 274 g/mol. The van der Waals surface area contributed by atoms with Gasteiger partial charge in [-0.3, -0.25) is 9.59 Å². The van der Waals surface area contributed by atoms with E-state index in [9.17, 15) is 14.7 Å². The van der Waals surface area contributed by atoms with E-state index in [1.54, 1.807) is 17.9 Å². The van der Waals surface area contributed by atoms with Gasteiger partial charge < -0.3 is 19.5 Å². The van der Waals surface area contributed by atoms with Crippen molar-refractivity contribution in [2.45, 2.75) is 32.3 Å². The highest BCUT2D eigenvalue weighted by Crippen LogP contribution is 2.31. The van der Waals surface area contributed by atoms with E-state index < -0.39 is 17.5 Å². The topological polar surface area (TPSA) is 76.1 Å². The molecule has 120 valence electrons. The molecule has 1 rings (SSSR count). The van der Waals surface area contributed by atoms with Gasteiger partial charge in [0.05, 0.1) is 13.2 Å². The fourth-order valence-corrected chi connectivity index (χ4v) is 2.61. The maximum absolute atomic E-state index is 12.3. The van der Waals surface area contributed by atoms with Gasteiger partial charge in [-0.2, -0.15) is 0 Å². The van der Waals surface area contributed by atoms with Gasteiger partial charge in [0.15, 0.2) is 0 Å². The molecule has 0 saturated carbocycles. The van der Waals surface area contributed by atoms with Crippen molar-refractivity contribution in [1.82, 2.24) is 4.90 Å². The van der Waals surface area contributed by atoms with E-state index in [1.807, 2.05) is 0 Å². The van der Waals surface area contributed by atoms with Crippen LogP contribution in [-0.2, 0) is 19.1 Å². The number of carboxylic acids is 1. The van der Waals surface area contributed by atoms with Crippen LogP contribution in [0.3, 0.4) is 0 Å². The number of carboxylic acid groups (broad SMARTS) is 1. The molecule has 0 aromatic heterocycles. The zero-order chi connectivity index (χ0) is 15.9. The van der Waals surface area contributed by atoms with Crippen LogP contribution in [0.5, 0.6) is 0 Å². The fraction of sp³-hybridized carbons (Fsp3) is 0.733. The largest absolute Gasteiger partial charge is 0.481 e. The summed E-state index contributed by atoms with van der Waals surface area (Å²) in [5.74, 6) is -1.08. The number of hydrogen-bond donors (Lipinski definition) is 1. The first-order valence-corrected chi connectivity index (χ1v) is 7.20. The van der Waals surface area contributed by atoms with Crippen LogP contribution in [0.25, 0.3) is 0 Å². The van der Waals surface area contributed by atoms with Crippen molar-refractivity contribution in [3.8, 4) is 0 Å². The molecule has 1 N–H and O–H groups in total. The van der Waals surface area contributed by atoms with Crippen molar-refractivity contribution in [3.05, 3.63) is 12.7 Å². The molecule has 1 aliphatic rings. The van der Waals surface area contributed by atoms with Crippen LogP contribution in [0.4, 0.5) is 0 Å². The summed E-state index contributed by atoms with van der Waals surface area (Å²) in [7, 11) is 1.48. The molecule has 0 aromatic rings. The Morgan fingerprint density at radius 1 is 1.52 bits per heavy atom. The molecule has 1 saturated heterocycles. The van der Waals surface area contributed by atoms with Crippen molar-refractivity contribution >= 4 is 11.9 Å². The average Bonchev–Trinajstić information content (AvgIpc) is 2.47. The molecule has 21 heavy (non-hydrogen) atoms. The molecular formula is C15H25NO5. The smallest absolute Gasteiger partial charge is 0.313 e. The molecule has 1 heterocycles. The Balaban J connectivity index is 2.67. The first-order valence-electron chi connectivity index (χ1n) is 7.20. The van der Waals surface area contributed by atoms with Gasteiger partial charge in [0, 0.05) is 20.2 Å². The number of carbonyl (C=O) groups excluding carboxylic acids is 1. The lowest BCUT2D eigenvalue weighted by atomic mass is 9.80. The number of hydrogen-bond acceptors (Lipinski definition) is 4. The zero-order valence-electron chi connectivity index (χ0n) is 12.8.